The van der Waals surface area contributed by atoms with Crippen LogP contribution in [0.1, 0.15) is 9.67 Å². The first-order valence-electron chi connectivity index (χ1n) is 8.60. The van der Waals surface area contributed by atoms with Crippen LogP contribution >= 0.6 is 22.7 Å². The molecule has 0 fully saturated rings. The van der Waals surface area contributed by atoms with Crippen LogP contribution in [0.25, 0.3) is 10.1 Å². The Morgan fingerprint density at radius 3 is 2.25 bits per heavy atom. The number of anilines is 1. The first kappa shape index (κ1) is 21.5. The standard InChI is InChI=1S/C18H10N4O7S3/c23-17(15-8-10-7-12(22(26)27)3-6-14(10)30-15)20-18-19-9-16(31-18)32(28,29)13-4-1-11(2-5-13)21(24)25/h1-9H,(H,19,20,23). The average Bonchev–Trinajstić information content (AvgIpc) is 3.40. The van der Waals surface area contributed by atoms with E-state index in [2.05, 4.69) is 10.3 Å². The Morgan fingerprint density at radius 1 is 0.938 bits per heavy atom. The number of nitrogens with one attached hydrogen (secondary N) is 1. The Kier molecular flexibility index (Phi) is 5.41. The van der Waals surface area contributed by atoms with Crippen LogP contribution in [0.15, 0.2) is 63.8 Å². The van der Waals surface area contributed by atoms with E-state index in [9.17, 15) is 33.4 Å². The van der Waals surface area contributed by atoms with Gasteiger partial charge >= 0.3 is 0 Å². The maximum absolute atomic E-state index is 12.7. The molecule has 4 aromatic rings. The van der Waals surface area contributed by atoms with E-state index < -0.39 is 25.6 Å². The zero-order valence-corrected chi connectivity index (χ0v) is 18.1. The first-order chi connectivity index (χ1) is 15.1. The summed E-state index contributed by atoms with van der Waals surface area (Å²) in [7, 11) is -3.97. The average molecular weight is 491 g/mol. The van der Waals surface area contributed by atoms with Gasteiger partial charge in [-0.1, -0.05) is 11.3 Å². The number of hydrogen-bond donors (Lipinski definition) is 1. The summed E-state index contributed by atoms with van der Waals surface area (Å²) < 4.78 is 26.0. The number of thiophene rings is 1. The van der Waals surface area contributed by atoms with Crippen molar-refractivity contribution in [3.63, 3.8) is 0 Å². The molecule has 1 amide bonds. The fourth-order valence-corrected chi connectivity index (χ4v) is 6.09. The molecule has 0 radical (unpaired) electrons. The lowest BCUT2D eigenvalue weighted by Gasteiger charge is -2.01. The van der Waals surface area contributed by atoms with Gasteiger partial charge in [-0.25, -0.2) is 13.4 Å². The van der Waals surface area contributed by atoms with Crippen molar-refractivity contribution >= 4 is 65.0 Å². The monoisotopic (exact) mass is 490 g/mol. The van der Waals surface area contributed by atoms with Crippen molar-refractivity contribution in [1.29, 1.82) is 0 Å². The van der Waals surface area contributed by atoms with Crippen LogP contribution in [0, 0.1) is 20.2 Å². The Balaban J connectivity index is 1.54. The minimum atomic E-state index is -3.97. The van der Waals surface area contributed by atoms with Crippen molar-refractivity contribution in [2.24, 2.45) is 0 Å². The summed E-state index contributed by atoms with van der Waals surface area (Å²) >= 11 is 1.86. The molecule has 4 rings (SSSR count). The molecule has 2 heterocycles. The maximum atomic E-state index is 12.7. The van der Waals surface area contributed by atoms with Crippen LogP contribution in [0.5, 0.6) is 0 Å². The number of non-ortho nitro benzene ring substituents is 2. The van der Waals surface area contributed by atoms with Gasteiger partial charge in [-0.05, 0) is 24.3 Å². The molecular weight excluding hydrogens is 480 g/mol. The molecule has 0 spiro atoms. The lowest BCUT2D eigenvalue weighted by Crippen LogP contribution is -2.09. The molecule has 162 valence electrons. The third-order valence-electron chi connectivity index (χ3n) is 4.26. The highest BCUT2D eigenvalue weighted by Crippen LogP contribution is 2.32. The maximum Gasteiger partial charge on any atom is 0.270 e. The zero-order valence-electron chi connectivity index (χ0n) is 15.6. The number of benzene rings is 2. The van der Waals surface area contributed by atoms with E-state index in [0.29, 0.717) is 10.1 Å². The van der Waals surface area contributed by atoms with Gasteiger partial charge in [0.25, 0.3) is 17.3 Å². The number of aromatic nitrogens is 1. The van der Waals surface area contributed by atoms with Gasteiger partial charge in [0, 0.05) is 34.4 Å². The summed E-state index contributed by atoms with van der Waals surface area (Å²) in [5.41, 5.74) is -0.335. The molecule has 0 aliphatic heterocycles. The predicted octanol–water partition coefficient (Wildman–Crippen LogP) is 4.26. The predicted molar refractivity (Wildman–Crippen MR) is 117 cm³/mol. The number of rotatable bonds is 6. The highest BCUT2D eigenvalue weighted by Gasteiger charge is 2.23. The van der Waals surface area contributed by atoms with Gasteiger partial charge < -0.3 is 0 Å². The number of amides is 1. The molecule has 0 aliphatic rings. The molecular formula is C18H10N4O7S3. The molecule has 0 aliphatic carbocycles. The number of nitrogens with zero attached hydrogens (tertiary/aromatic N) is 3. The summed E-state index contributed by atoms with van der Waals surface area (Å²) in [6.45, 7) is 0. The molecule has 2 aromatic carbocycles. The Hall–Kier alpha value is -3.75. The van der Waals surface area contributed by atoms with E-state index >= 15 is 0 Å². The number of carbonyl (C=O) groups excluding carboxylic acids is 1. The van der Waals surface area contributed by atoms with Crippen LogP contribution in [-0.4, -0.2) is 29.2 Å². The summed E-state index contributed by atoms with van der Waals surface area (Å²) in [5.74, 6) is -0.539. The van der Waals surface area contributed by atoms with Crippen molar-refractivity contribution in [2.45, 2.75) is 9.10 Å². The Labute approximate surface area is 187 Å². The van der Waals surface area contributed by atoms with Crippen LogP contribution < -0.4 is 5.32 Å². The second-order valence-electron chi connectivity index (χ2n) is 6.28. The zero-order chi connectivity index (χ0) is 23.0. The van der Waals surface area contributed by atoms with Crippen LogP contribution in [-0.2, 0) is 9.84 Å². The van der Waals surface area contributed by atoms with Crippen molar-refractivity contribution in [3.05, 3.63) is 79.8 Å². The fraction of sp³-hybridized carbons (Fsp3) is 0. The van der Waals surface area contributed by atoms with Crippen molar-refractivity contribution < 1.29 is 23.1 Å². The third-order valence-corrected chi connectivity index (χ3v) is 8.52. The molecule has 14 heteroatoms. The first-order valence-corrected chi connectivity index (χ1v) is 11.7. The van der Waals surface area contributed by atoms with E-state index in [1.807, 2.05) is 0 Å². The van der Waals surface area contributed by atoms with Crippen LogP contribution in [0.3, 0.4) is 0 Å². The van der Waals surface area contributed by atoms with E-state index in [1.54, 1.807) is 6.07 Å². The Bertz CT molecular complexity index is 1490. The number of sulfone groups is 1. The summed E-state index contributed by atoms with van der Waals surface area (Å²) in [6, 6.07) is 10.2. The number of fused-ring (bicyclic) bond motifs is 1. The normalized spacial score (nSPS) is 11.4. The number of carbonyl (C=O) groups is 1. The molecule has 0 bridgehead atoms. The molecule has 0 unspecified atom stereocenters. The second kappa shape index (κ2) is 8.07. The Morgan fingerprint density at radius 2 is 1.59 bits per heavy atom. The molecule has 11 nitrogen and oxygen atoms in total. The smallest absolute Gasteiger partial charge is 0.270 e. The lowest BCUT2D eigenvalue weighted by molar-refractivity contribution is -0.385. The highest BCUT2D eigenvalue weighted by atomic mass is 32.2. The minimum Gasteiger partial charge on any atom is -0.297 e. The molecule has 2 aromatic heterocycles. The van der Waals surface area contributed by atoms with Crippen LogP contribution in [0.2, 0.25) is 0 Å². The summed E-state index contributed by atoms with van der Waals surface area (Å²) in [5, 5.41) is 24.7. The third kappa shape index (κ3) is 4.05. The van der Waals surface area contributed by atoms with E-state index in [1.165, 1.54) is 18.2 Å². The van der Waals surface area contributed by atoms with Gasteiger partial charge in [-0.2, -0.15) is 0 Å². The SMILES string of the molecule is O=C(Nc1ncc(S(=O)(=O)c2ccc([N+](=O)[O-])cc2)s1)c1cc2cc([N+](=O)[O-])ccc2s1. The quantitative estimate of drug-likeness (QED) is 0.309. The summed E-state index contributed by atoms with van der Waals surface area (Å²) in [4.78, 5) is 37.1. The molecule has 32 heavy (non-hydrogen) atoms. The number of hydrogen-bond acceptors (Lipinski definition) is 10. The fourth-order valence-electron chi connectivity index (χ4n) is 2.72. The van der Waals surface area contributed by atoms with Crippen molar-refractivity contribution in [3.8, 4) is 0 Å². The number of nitro groups is 2. The minimum absolute atomic E-state index is 0.0407. The largest absolute Gasteiger partial charge is 0.297 e. The lowest BCUT2D eigenvalue weighted by atomic mass is 10.2. The highest BCUT2D eigenvalue weighted by molar-refractivity contribution is 7.93. The van der Waals surface area contributed by atoms with E-state index in [-0.39, 0.29) is 30.5 Å². The van der Waals surface area contributed by atoms with Crippen LogP contribution in [0.4, 0.5) is 16.5 Å². The molecule has 0 atom stereocenters. The molecule has 0 saturated carbocycles. The van der Waals surface area contributed by atoms with Gasteiger partial charge in [-0.15, -0.1) is 11.3 Å². The van der Waals surface area contributed by atoms with Crippen molar-refractivity contribution in [1.82, 2.24) is 4.98 Å². The van der Waals surface area contributed by atoms with Gasteiger partial charge in [0.1, 0.15) is 4.21 Å². The van der Waals surface area contributed by atoms with E-state index in [4.69, 9.17) is 0 Å². The van der Waals surface area contributed by atoms with E-state index in [0.717, 1.165) is 53.1 Å². The molecule has 0 saturated heterocycles. The second-order valence-corrected chi connectivity index (χ2v) is 10.6. The van der Waals surface area contributed by atoms with Gasteiger partial charge in [0.15, 0.2) is 5.13 Å². The van der Waals surface area contributed by atoms with Gasteiger partial charge in [-0.3, -0.25) is 30.3 Å². The summed E-state index contributed by atoms with van der Waals surface area (Å²) in [6.07, 6.45) is 1.09. The van der Waals surface area contributed by atoms with Crippen molar-refractivity contribution in [2.75, 3.05) is 5.32 Å². The van der Waals surface area contributed by atoms with Gasteiger partial charge in [0.05, 0.1) is 25.8 Å². The number of thiazole rings is 1. The number of nitro benzene ring substituents is 2. The topological polar surface area (TPSA) is 162 Å². The molecule has 1 N–H and O–H groups in total. The van der Waals surface area contributed by atoms with Gasteiger partial charge in [0.2, 0.25) is 9.84 Å².